The molecule has 1 aliphatic carbocycles. The van der Waals surface area contributed by atoms with Gasteiger partial charge in [0.2, 0.25) is 0 Å². The fourth-order valence-corrected chi connectivity index (χ4v) is 2.63. The minimum absolute atomic E-state index is 0.541. The minimum atomic E-state index is -0.674. The monoisotopic (exact) mass is 252 g/mol. The quantitative estimate of drug-likeness (QED) is 0.534. The Kier molecular flexibility index (Phi) is 6.88. The summed E-state index contributed by atoms with van der Waals surface area (Å²) in [5.41, 5.74) is 1.63. The predicted octanol–water partition coefficient (Wildman–Crippen LogP) is 2.81. The molecular formula is C15H24O3. The summed E-state index contributed by atoms with van der Waals surface area (Å²) >= 11 is 0. The van der Waals surface area contributed by atoms with Crippen LogP contribution in [0.25, 0.3) is 0 Å². The Morgan fingerprint density at radius 1 is 1.22 bits per heavy atom. The van der Waals surface area contributed by atoms with Crippen LogP contribution >= 0.6 is 0 Å². The molecule has 0 heterocycles. The van der Waals surface area contributed by atoms with Gasteiger partial charge in [-0.25, -0.2) is 0 Å². The van der Waals surface area contributed by atoms with Gasteiger partial charge in [-0.2, -0.15) is 0 Å². The van der Waals surface area contributed by atoms with Crippen molar-refractivity contribution in [2.24, 2.45) is 5.92 Å². The molecule has 1 rings (SSSR count). The number of aldehydes is 2. The molecule has 1 N–H and O–H groups in total. The Bertz CT molecular complexity index is 307. The first-order chi connectivity index (χ1) is 8.74. The van der Waals surface area contributed by atoms with E-state index in [1.807, 2.05) is 0 Å². The number of carbonyl (C=O) groups is 2. The third-order valence-corrected chi connectivity index (χ3v) is 3.78. The molecular weight excluding hydrogens is 228 g/mol. The molecule has 0 aromatic carbocycles. The minimum Gasteiger partial charge on any atom is -0.392 e. The fraction of sp³-hybridized carbons (Fsp3) is 0.733. The summed E-state index contributed by atoms with van der Waals surface area (Å²) in [6, 6.07) is 0. The van der Waals surface area contributed by atoms with Gasteiger partial charge in [0.15, 0.2) is 0 Å². The number of aliphatic hydroxyl groups excluding tert-OH is 1. The van der Waals surface area contributed by atoms with E-state index in [1.54, 1.807) is 0 Å². The van der Waals surface area contributed by atoms with Gasteiger partial charge in [-0.3, -0.25) is 4.79 Å². The normalized spacial score (nSPS) is 24.1. The van der Waals surface area contributed by atoms with Crippen molar-refractivity contribution in [3.05, 3.63) is 11.1 Å². The van der Waals surface area contributed by atoms with E-state index in [1.165, 1.54) is 25.7 Å². The van der Waals surface area contributed by atoms with Gasteiger partial charge >= 0.3 is 0 Å². The number of hydrogen-bond donors (Lipinski definition) is 1. The Hall–Kier alpha value is -0.960. The zero-order valence-corrected chi connectivity index (χ0v) is 11.2. The highest BCUT2D eigenvalue weighted by Gasteiger charge is 2.29. The fourth-order valence-electron chi connectivity index (χ4n) is 2.63. The van der Waals surface area contributed by atoms with Crippen molar-refractivity contribution >= 4 is 12.6 Å². The van der Waals surface area contributed by atoms with Crippen molar-refractivity contribution in [3.8, 4) is 0 Å². The second-order valence-corrected chi connectivity index (χ2v) is 5.11. The summed E-state index contributed by atoms with van der Waals surface area (Å²) in [6.45, 7) is 2.18. The molecule has 0 aliphatic heterocycles. The van der Waals surface area contributed by atoms with Crippen molar-refractivity contribution in [1.82, 2.24) is 0 Å². The van der Waals surface area contributed by atoms with Gasteiger partial charge in [0.25, 0.3) is 0 Å². The van der Waals surface area contributed by atoms with Crippen molar-refractivity contribution in [2.45, 2.75) is 64.4 Å². The van der Waals surface area contributed by atoms with Crippen LogP contribution in [0.2, 0.25) is 0 Å². The van der Waals surface area contributed by atoms with Gasteiger partial charge in [0.05, 0.1) is 12.0 Å². The Morgan fingerprint density at radius 3 is 2.56 bits per heavy atom. The third kappa shape index (κ3) is 4.05. The molecule has 0 saturated heterocycles. The van der Waals surface area contributed by atoms with Crippen molar-refractivity contribution in [2.75, 3.05) is 0 Å². The van der Waals surface area contributed by atoms with Crippen LogP contribution in [0, 0.1) is 5.92 Å². The molecule has 0 saturated carbocycles. The van der Waals surface area contributed by atoms with Gasteiger partial charge in [-0.05, 0) is 25.7 Å². The molecule has 0 fully saturated rings. The lowest BCUT2D eigenvalue weighted by Gasteiger charge is -2.26. The standard InChI is InChI=1S/C15H24O3/c1-2-3-4-5-6-7-12-8-9-15(18)14(11-17)13(12)10-16/h10-11,14-15,18H,2-9H2,1H3/t14-,15-/m0/s1. The van der Waals surface area contributed by atoms with E-state index in [9.17, 15) is 14.7 Å². The molecule has 3 heteroatoms. The van der Waals surface area contributed by atoms with Crippen LogP contribution in [-0.2, 0) is 9.59 Å². The van der Waals surface area contributed by atoms with E-state index < -0.39 is 12.0 Å². The topological polar surface area (TPSA) is 54.4 Å². The lowest BCUT2D eigenvalue weighted by molar-refractivity contribution is -0.115. The second-order valence-electron chi connectivity index (χ2n) is 5.11. The second kappa shape index (κ2) is 8.20. The van der Waals surface area contributed by atoms with Gasteiger partial charge in [0.1, 0.15) is 12.6 Å². The van der Waals surface area contributed by atoms with Crippen LogP contribution < -0.4 is 0 Å². The molecule has 18 heavy (non-hydrogen) atoms. The van der Waals surface area contributed by atoms with Gasteiger partial charge in [0, 0.05) is 5.57 Å². The average Bonchev–Trinajstić information content (AvgIpc) is 2.39. The highest BCUT2D eigenvalue weighted by atomic mass is 16.3. The number of rotatable bonds is 8. The van der Waals surface area contributed by atoms with Gasteiger partial charge in [-0.15, -0.1) is 0 Å². The van der Waals surface area contributed by atoms with Crippen molar-refractivity contribution in [1.29, 1.82) is 0 Å². The molecule has 0 spiro atoms. The van der Waals surface area contributed by atoms with Gasteiger partial charge < -0.3 is 9.90 Å². The molecule has 102 valence electrons. The summed E-state index contributed by atoms with van der Waals surface area (Å²) in [7, 11) is 0. The Labute approximate surface area is 109 Å². The smallest absolute Gasteiger partial charge is 0.146 e. The average molecular weight is 252 g/mol. The van der Waals surface area contributed by atoms with E-state index in [-0.39, 0.29) is 0 Å². The largest absolute Gasteiger partial charge is 0.392 e. The van der Waals surface area contributed by atoms with E-state index in [0.29, 0.717) is 18.3 Å². The SMILES string of the molecule is CCCCCCCC1=C(C=O)[C@H](C=O)[C@@H](O)CC1. The molecule has 2 atom stereocenters. The highest BCUT2D eigenvalue weighted by molar-refractivity contribution is 5.83. The van der Waals surface area contributed by atoms with E-state index in [2.05, 4.69) is 6.92 Å². The summed E-state index contributed by atoms with van der Waals surface area (Å²) < 4.78 is 0. The highest BCUT2D eigenvalue weighted by Crippen LogP contribution is 2.31. The van der Waals surface area contributed by atoms with E-state index in [4.69, 9.17) is 0 Å². The summed E-state index contributed by atoms with van der Waals surface area (Å²) in [6.07, 6.45) is 9.04. The zero-order valence-electron chi connectivity index (χ0n) is 11.2. The maximum absolute atomic E-state index is 11.1. The van der Waals surface area contributed by atoms with Crippen molar-refractivity contribution in [3.63, 3.8) is 0 Å². The molecule has 3 nitrogen and oxygen atoms in total. The van der Waals surface area contributed by atoms with Crippen LogP contribution in [0.15, 0.2) is 11.1 Å². The lowest BCUT2D eigenvalue weighted by Crippen LogP contribution is -2.29. The van der Waals surface area contributed by atoms with Crippen LogP contribution in [-0.4, -0.2) is 23.8 Å². The summed E-state index contributed by atoms with van der Waals surface area (Å²) in [5, 5.41) is 9.71. The molecule has 0 bridgehead atoms. The zero-order chi connectivity index (χ0) is 13.4. The van der Waals surface area contributed by atoms with Crippen LogP contribution in [0.5, 0.6) is 0 Å². The third-order valence-electron chi connectivity index (χ3n) is 3.78. The first kappa shape index (κ1) is 15.1. The van der Waals surface area contributed by atoms with Crippen molar-refractivity contribution < 1.29 is 14.7 Å². The lowest BCUT2D eigenvalue weighted by atomic mass is 9.80. The molecule has 1 aliphatic rings. The number of aliphatic hydroxyl groups is 1. The number of hydrogen-bond acceptors (Lipinski definition) is 3. The van der Waals surface area contributed by atoms with E-state index in [0.717, 1.165) is 31.1 Å². The molecule has 0 radical (unpaired) electrons. The first-order valence-corrected chi connectivity index (χ1v) is 7.05. The molecule has 0 amide bonds. The number of carbonyl (C=O) groups excluding carboxylic acids is 2. The molecule has 0 aromatic heterocycles. The maximum atomic E-state index is 11.1. The van der Waals surface area contributed by atoms with Crippen LogP contribution in [0.3, 0.4) is 0 Å². The van der Waals surface area contributed by atoms with Crippen LogP contribution in [0.1, 0.15) is 58.3 Å². The summed E-state index contributed by atoms with van der Waals surface area (Å²) in [5.74, 6) is -0.595. The van der Waals surface area contributed by atoms with Crippen LogP contribution in [0.4, 0.5) is 0 Å². The Morgan fingerprint density at radius 2 is 1.94 bits per heavy atom. The molecule has 0 aromatic rings. The summed E-state index contributed by atoms with van der Waals surface area (Å²) in [4.78, 5) is 22.0. The van der Waals surface area contributed by atoms with Gasteiger partial charge in [-0.1, -0.05) is 38.2 Å². The predicted molar refractivity (Wildman–Crippen MR) is 71.3 cm³/mol. The number of unbranched alkanes of at least 4 members (excludes halogenated alkanes) is 4. The maximum Gasteiger partial charge on any atom is 0.146 e. The first-order valence-electron chi connectivity index (χ1n) is 7.05. The van der Waals surface area contributed by atoms with E-state index >= 15 is 0 Å². The Balaban J connectivity index is 2.55. The molecule has 0 unspecified atom stereocenters. The number of allylic oxidation sites excluding steroid dienone is 1.